The lowest BCUT2D eigenvalue weighted by Crippen LogP contribution is -2.09. The van der Waals surface area contributed by atoms with Crippen LogP contribution in [0, 0.1) is 6.92 Å². The minimum absolute atomic E-state index is 1.11. The van der Waals surface area contributed by atoms with Gasteiger partial charge < -0.3 is 4.90 Å². The van der Waals surface area contributed by atoms with Crippen molar-refractivity contribution in [2.75, 3.05) is 4.90 Å². The summed E-state index contributed by atoms with van der Waals surface area (Å²) in [5.41, 5.74) is 16.9. The molecule has 1 aromatic heterocycles. The van der Waals surface area contributed by atoms with Gasteiger partial charge in [0.2, 0.25) is 0 Å². The summed E-state index contributed by atoms with van der Waals surface area (Å²) in [6.07, 6.45) is 0. The molecule has 1 heterocycles. The maximum Gasteiger partial charge on any atom is 0.0462 e. The summed E-state index contributed by atoms with van der Waals surface area (Å²) in [5, 5.41) is 5.13. The van der Waals surface area contributed by atoms with E-state index in [0.29, 0.717) is 0 Å². The molecule has 0 aliphatic carbocycles. The first-order valence-corrected chi connectivity index (χ1v) is 21.7. The molecule has 0 aliphatic heterocycles. The van der Waals surface area contributed by atoms with E-state index < -0.39 is 0 Å². The van der Waals surface area contributed by atoms with Crippen LogP contribution in [0.15, 0.2) is 231 Å². The van der Waals surface area contributed by atoms with E-state index in [4.69, 9.17) is 0 Å². The number of nitrogens with zero attached hydrogens (tertiary/aromatic N) is 1. The van der Waals surface area contributed by atoms with Crippen LogP contribution in [0.3, 0.4) is 0 Å². The van der Waals surface area contributed by atoms with E-state index in [1.165, 1.54) is 92.1 Å². The largest absolute Gasteiger partial charge is 0.311 e. The van der Waals surface area contributed by atoms with Crippen LogP contribution in [0.2, 0.25) is 0 Å². The predicted octanol–water partition coefficient (Wildman–Crippen LogP) is 17.3. The summed E-state index contributed by atoms with van der Waals surface area (Å²) in [5.74, 6) is 0. The van der Waals surface area contributed by atoms with Gasteiger partial charge in [-0.05, 0) is 116 Å². The molecule has 0 N–H and O–H groups in total. The fourth-order valence-electron chi connectivity index (χ4n) is 8.90. The summed E-state index contributed by atoms with van der Waals surface area (Å²) in [6.45, 7) is 2.15. The third-order valence-corrected chi connectivity index (χ3v) is 13.3. The van der Waals surface area contributed by atoms with E-state index in [1.54, 1.807) is 0 Å². The molecular formula is C59H41NS. The van der Waals surface area contributed by atoms with Gasteiger partial charge in [0.15, 0.2) is 0 Å². The average Bonchev–Trinajstić information content (AvgIpc) is 3.72. The molecular weight excluding hydrogens is 755 g/mol. The smallest absolute Gasteiger partial charge is 0.0462 e. The van der Waals surface area contributed by atoms with Crippen LogP contribution in [-0.4, -0.2) is 0 Å². The molecule has 61 heavy (non-hydrogen) atoms. The highest BCUT2D eigenvalue weighted by molar-refractivity contribution is 7.26. The number of aryl methyl sites for hydroxylation is 1. The van der Waals surface area contributed by atoms with E-state index in [-0.39, 0.29) is 0 Å². The molecule has 0 saturated heterocycles. The van der Waals surface area contributed by atoms with Crippen molar-refractivity contribution < 1.29 is 0 Å². The fourth-order valence-corrected chi connectivity index (χ4v) is 10.3. The summed E-state index contributed by atoms with van der Waals surface area (Å²) in [6, 6.07) is 84.1. The normalized spacial score (nSPS) is 11.4. The maximum atomic E-state index is 2.37. The van der Waals surface area contributed by atoms with Gasteiger partial charge in [-0.25, -0.2) is 0 Å². The molecule has 0 fully saturated rings. The fraction of sp³-hybridized carbons (Fsp3) is 0.0169. The molecule has 11 aromatic rings. The van der Waals surface area contributed by atoms with Crippen LogP contribution < -0.4 is 4.90 Å². The van der Waals surface area contributed by atoms with Gasteiger partial charge in [0, 0.05) is 37.2 Å². The van der Waals surface area contributed by atoms with Gasteiger partial charge in [-0.15, -0.1) is 11.3 Å². The van der Waals surface area contributed by atoms with Crippen LogP contribution in [0.5, 0.6) is 0 Å². The molecule has 0 atom stereocenters. The maximum absolute atomic E-state index is 2.37. The number of hydrogen-bond donors (Lipinski definition) is 0. The van der Waals surface area contributed by atoms with Gasteiger partial charge in [-0.1, -0.05) is 194 Å². The lowest BCUT2D eigenvalue weighted by atomic mass is 9.88. The molecule has 0 radical (unpaired) electrons. The Morgan fingerprint density at radius 3 is 1.43 bits per heavy atom. The van der Waals surface area contributed by atoms with Gasteiger partial charge in [0.1, 0.15) is 0 Å². The molecule has 0 amide bonds. The number of anilines is 3. The molecule has 0 spiro atoms. The quantitative estimate of drug-likeness (QED) is 0.148. The molecule has 0 saturated carbocycles. The highest BCUT2D eigenvalue weighted by atomic mass is 32.1. The Labute approximate surface area is 361 Å². The van der Waals surface area contributed by atoms with Crippen LogP contribution in [0.4, 0.5) is 17.1 Å². The third-order valence-electron chi connectivity index (χ3n) is 12.0. The summed E-state index contributed by atoms with van der Waals surface area (Å²) in [7, 11) is 0. The Bertz CT molecular complexity index is 3320. The van der Waals surface area contributed by atoms with Gasteiger partial charge in [0.05, 0.1) is 0 Å². The molecule has 2 heteroatoms. The number of benzene rings is 10. The standard InChI is InChI=1S/C59H41NS/c1-40-25-27-45(28-26-40)57-39-46(33-38-54(57)53-22-10-16-42-15-8-9-19-50(42)53)41-29-34-48(35-30-41)60(47-17-6-3-7-18-47)49-36-31-44(32-37-49)52-21-12-24-56-55-23-11-20-51(58(55)61-59(52)56)43-13-4-2-5-14-43/h2-39H,1H3. The Balaban J connectivity index is 0.956. The van der Waals surface area contributed by atoms with Crippen molar-refractivity contribution in [3.05, 3.63) is 236 Å². The van der Waals surface area contributed by atoms with E-state index in [0.717, 1.165) is 17.1 Å². The van der Waals surface area contributed by atoms with Gasteiger partial charge in [0.25, 0.3) is 0 Å². The van der Waals surface area contributed by atoms with Gasteiger partial charge >= 0.3 is 0 Å². The molecule has 1 nitrogen and oxygen atoms in total. The van der Waals surface area contributed by atoms with E-state index in [1.807, 2.05) is 11.3 Å². The molecule has 288 valence electrons. The first kappa shape index (κ1) is 36.6. The van der Waals surface area contributed by atoms with Crippen molar-refractivity contribution in [2.45, 2.75) is 6.92 Å². The predicted molar refractivity (Wildman–Crippen MR) is 263 cm³/mol. The zero-order valence-electron chi connectivity index (χ0n) is 33.8. The van der Waals surface area contributed by atoms with Crippen LogP contribution in [0.25, 0.3) is 86.6 Å². The highest BCUT2D eigenvalue weighted by Crippen LogP contribution is 2.45. The number of para-hydroxylation sites is 1. The minimum Gasteiger partial charge on any atom is -0.311 e. The number of fused-ring (bicyclic) bond motifs is 4. The molecule has 0 bridgehead atoms. The number of rotatable bonds is 8. The Kier molecular flexibility index (Phi) is 9.34. The van der Waals surface area contributed by atoms with Crippen molar-refractivity contribution >= 4 is 59.3 Å². The van der Waals surface area contributed by atoms with E-state index in [9.17, 15) is 0 Å². The third kappa shape index (κ3) is 6.78. The Morgan fingerprint density at radius 1 is 0.295 bits per heavy atom. The van der Waals surface area contributed by atoms with Crippen molar-refractivity contribution in [2.24, 2.45) is 0 Å². The summed E-state index contributed by atoms with van der Waals surface area (Å²) < 4.78 is 2.65. The molecule has 11 rings (SSSR count). The summed E-state index contributed by atoms with van der Waals surface area (Å²) in [4.78, 5) is 2.35. The van der Waals surface area contributed by atoms with Crippen LogP contribution >= 0.6 is 11.3 Å². The topological polar surface area (TPSA) is 3.24 Å². The van der Waals surface area contributed by atoms with Gasteiger partial charge in [-0.3, -0.25) is 0 Å². The zero-order valence-corrected chi connectivity index (χ0v) is 34.6. The lowest BCUT2D eigenvalue weighted by Gasteiger charge is -2.26. The first-order valence-electron chi connectivity index (χ1n) is 20.9. The average molecular weight is 796 g/mol. The SMILES string of the molecule is Cc1ccc(-c2cc(-c3ccc(N(c4ccccc4)c4ccc(-c5cccc6c5sc5c(-c7ccccc7)cccc56)cc4)cc3)ccc2-c2cccc3ccccc23)cc1. The second-order valence-corrected chi connectivity index (χ2v) is 16.8. The van der Waals surface area contributed by atoms with E-state index >= 15 is 0 Å². The van der Waals surface area contributed by atoms with Crippen LogP contribution in [-0.2, 0) is 0 Å². The highest BCUT2D eigenvalue weighted by Gasteiger charge is 2.17. The Hall–Kier alpha value is -7.52. The van der Waals surface area contributed by atoms with Crippen molar-refractivity contribution in [1.29, 1.82) is 0 Å². The second kappa shape index (κ2) is 15.6. The Morgan fingerprint density at radius 2 is 0.754 bits per heavy atom. The van der Waals surface area contributed by atoms with E-state index in [2.05, 4.69) is 242 Å². The monoisotopic (exact) mass is 795 g/mol. The molecule has 10 aromatic carbocycles. The second-order valence-electron chi connectivity index (χ2n) is 15.8. The zero-order chi connectivity index (χ0) is 40.7. The minimum atomic E-state index is 1.11. The van der Waals surface area contributed by atoms with Crippen molar-refractivity contribution in [3.8, 4) is 55.6 Å². The van der Waals surface area contributed by atoms with Crippen LogP contribution in [0.1, 0.15) is 5.56 Å². The van der Waals surface area contributed by atoms with Gasteiger partial charge in [-0.2, -0.15) is 0 Å². The summed E-state index contributed by atoms with van der Waals surface area (Å²) >= 11 is 1.90. The first-order chi connectivity index (χ1) is 30.2. The van der Waals surface area contributed by atoms with Crippen molar-refractivity contribution in [1.82, 2.24) is 0 Å². The van der Waals surface area contributed by atoms with Crippen molar-refractivity contribution in [3.63, 3.8) is 0 Å². The number of thiophene rings is 1. The lowest BCUT2D eigenvalue weighted by molar-refractivity contribution is 1.28. The number of hydrogen-bond acceptors (Lipinski definition) is 2. The molecule has 0 aliphatic rings. The molecule has 0 unspecified atom stereocenters.